The van der Waals surface area contributed by atoms with Gasteiger partial charge in [0.25, 0.3) is 0 Å². The molecule has 1 aromatic carbocycles. The third-order valence-electron chi connectivity index (χ3n) is 2.86. The summed E-state index contributed by atoms with van der Waals surface area (Å²) in [7, 11) is 0. The van der Waals surface area contributed by atoms with Crippen LogP contribution in [-0.4, -0.2) is 23.2 Å². The van der Waals surface area contributed by atoms with E-state index in [0.29, 0.717) is 40.0 Å². The lowest BCUT2D eigenvalue weighted by molar-refractivity contribution is -0.143. The fourth-order valence-electron chi connectivity index (χ4n) is 1.88. The summed E-state index contributed by atoms with van der Waals surface area (Å²) in [6.07, 6.45) is -0.597. The number of aromatic nitrogens is 2. The van der Waals surface area contributed by atoms with Crippen molar-refractivity contribution in [2.75, 3.05) is 18.9 Å². The van der Waals surface area contributed by atoms with Gasteiger partial charge in [0.05, 0.1) is 4.47 Å². The molecule has 0 spiro atoms. The minimum Gasteiger partial charge on any atom is -0.383 e. The average molecular weight is 387 g/mol. The van der Waals surface area contributed by atoms with Gasteiger partial charge in [-0.05, 0) is 54.0 Å². The average Bonchev–Trinajstić information content (AvgIpc) is 2.50. The van der Waals surface area contributed by atoms with Crippen molar-refractivity contribution in [2.24, 2.45) is 0 Å². The summed E-state index contributed by atoms with van der Waals surface area (Å²) in [4.78, 5) is 8.84. The minimum absolute atomic E-state index is 0.333. The van der Waals surface area contributed by atoms with Crippen molar-refractivity contribution in [3.05, 3.63) is 39.5 Å². The molecular weight excluding hydrogens is 370 g/mol. The number of halogens is 2. The van der Waals surface area contributed by atoms with Gasteiger partial charge in [0.1, 0.15) is 11.5 Å². The fraction of sp³-hybridized carbons (Fsp3) is 0.333. The number of benzene rings is 1. The van der Waals surface area contributed by atoms with Crippen LogP contribution >= 0.6 is 27.5 Å². The van der Waals surface area contributed by atoms with Gasteiger partial charge in [-0.25, -0.2) is 9.97 Å². The van der Waals surface area contributed by atoms with Crippen molar-refractivity contribution in [1.29, 1.82) is 0 Å². The maximum atomic E-state index is 5.98. The number of ether oxygens (including phenoxy) is 2. The second kappa shape index (κ2) is 7.87. The van der Waals surface area contributed by atoms with E-state index in [1.165, 1.54) is 0 Å². The van der Waals surface area contributed by atoms with Crippen molar-refractivity contribution in [1.82, 2.24) is 9.97 Å². The molecule has 0 aliphatic rings. The zero-order valence-electron chi connectivity index (χ0n) is 12.3. The Morgan fingerprint density at radius 2 is 1.73 bits per heavy atom. The van der Waals surface area contributed by atoms with Crippen molar-refractivity contribution >= 4 is 33.3 Å². The second-order valence-electron chi connectivity index (χ2n) is 4.38. The van der Waals surface area contributed by atoms with E-state index in [9.17, 15) is 0 Å². The standard InChI is InChI=1S/C15H17BrClN3O2/c1-3-21-15(22-4-2)12-11(16)13(18)20-14(19-12)9-5-7-10(17)8-6-9/h5-8,15H,3-4H2,1-2H3,(H2,18,19,20). The SMILES string of the molecule is CCOC(OCC)c1nc(-c2ccc(Cl)cc2)nc(N)c1Br. The Bertz CT molecular complexity index is 631. The minimum atomic E-state index is -0.597. The summed E-state index contributed by atoms with van der Waals surface area (Å²) in [5.41, 5.74) is 7.37. The molecule has 1 aromatic heterocycles. The number of rotatable bonds is 6. The normalized spacial score (nSPS) is 11.1. The zero-order chi connectivity index (χ0) is 16.1. The van der Waals surface area contributed by atoms with E-state index in [0.717, 1.165) is 5.56 Å². The molecule has 0 saturated heterocycles. The highest BCUT2D eigenvalue weighted by molar-refractivity contribution is 9.10. The molecule has 0 amide bonds. The van der Waals surface area contributed by atoms with E-state index < -0.39 is 6.29 Å². The summed E-state index contributed by atoms with van der Waals surface area (Å²) >= 11 is 9.31. The van der Waals surface area contributed by atoms with Crippen LogP contribution in [0.3, 0.4) is 0 Å². The van der Waals surface area contributed by atoms with E-state index in [1.807, 2.05) is 26.0 Å². The molecule has 7 heteroatoms. The summed E-state index contributed by atoms with van der Waals surface area (Å²) in [5.74, 6) is 0.830. The Hall–Kier alpha value is -1.21. The first-order valence-corrected chi connectivity index (χ1v) is 8.06. The van der Waals surface area contributed by atoms with E-state index >= 15 is 0 Å². The topological polar surface area (TPSA) is 70.3 Å². The summed E-state index contributed by atoms with van der Waals surface area (Å²) in [5, 5.41) is 0.649. The van der Waals surface area contributed by atoms with Gasteiger partial charge in [0.15, 0.2) is 5.82 Å². The lowest BCUT2D eigenvalue weighted by atomic mass is 10.2. The maximum absolute atomic E-state index is 5.98. The summed E-state index contributed by atoms with van der Waals surface area (Å²) in [6.45, 7) is 4.78. The lowest BCUT2D eigenvalue weighted by Crippen LogP contribution is -2.14. The molecule has 5 nitrogen and oxygen atoms in total. The van der Waals surface area contributed by atoms with Crippen LogP contribution in [-0.2, 0) is 9.47 Å². The first-order chi connectivity index (χ1) is 10.6. The van der Waals surface area contributed by atoms with E-state index in [2.05, 4.69) is 25.9 Å². The highest BCUT2D eigenvalue weighted by atomic mass is 79.9. The van der Waals surface area contributed by atoms with Crippen molar-refractivity contribution in [3.63, 3.8) is 0 Å². The molecule has 0 atom stereocenters. The molecule has 2 rings (SSSR count). The molecular formula is C15H17BrClN3O2. The monoisotopic (exact) mass is 385 g/mol. The van der Waals surface area contributed by atoms with Crippen LogP contribution in [0, 0.1) is 0 Å². The van der Waals surface area contributed by atoms with Gasteiger partial charge >= 0.3 is 0 Å². The van der Waals surface area contributed by atoms with Crippen molar-refractivity contribution < 1.29 is 9.47 Å². The molecule has 0 radical (unpaired) electrons. The molecule has 118 valence electrons. The third kappa shape index (κ3) is 3.95. The van der Waals surface area contributed by atoms with E-state index in [-0.39, 0.29) is 0 Å². The highest BCUT2D eigenvalue weighted by Gasteiger charge is 2.21. The Morgan fingerprint density at radius 3 is 2.27 bits per heavy atom. The quantitative estimate of drug-likeness (QED) is 0.753. The Kier molecular flexibility index (Phi) is 6.14. The first-order valence-electron chi connectivity index (χ1n) is 6.88. The lowest BCUT2D eigenvalue weighted by Gasteiger charge is -2.19. The van der Waals surface area contributed by atoms with Gasteiger partial charge in [0, 0.05) is 23.8 Å². The highest BCUT2D eigenvalue weighted by Crippen LogP contribution is 2.31. The number of anilines is 1. The molecule has 0 saturated carbocycles. The number of hydrogen-bond acceptors (Lipinski definition) is 5. The number of nitrogens with two attached hydrogens (primary N) is 1. The van der Waals surface area contributed by atoms with Gasteiger partial charge in [-0.2, -0.15) is 0 Å². The molecule has 0 aliphatic carbocycles. The van der Waals surface area contributed by atoms with Gasteiger partial charge in [0.2, 0.25) is 6.29 Å². The maximum Gasteiger partial charge on any atom is 0.202 e. The fourth-order valence-corrected chi connectivity index (χ4v) is 2.37. The molecule has 22 heavy (non-hydrogen) atoms. The third-order valence-corrected chi connectivity index (χ3v) is 3.93. The van der Waals surface area contributed by atoms with Crippen LogP contribution in [0.2, 0.25) is 5.02 Å². The molecule has 2 N–H and O–H groups in total. The first kappa shape index (κ1) is 17.1. The predicted molar refractivity (Wildman–Crippen MR) is 90.6 cm³/mol. The number of hydrogen-bond donors (Lipinski definition) is 1. The van der Waals surface area contributed by atoms with Gasteiger partial charge in [-0.3, -0.25) is 0 Å². The summed E-state index contributed by atoms with van der Waals surface area (Å²) < 4.78 is 11.8. The smallest absolute Gasteiger partial charge is 0.202 e. The molecule has 0 aliphatic heterocycles. The molecule has 0 unspecified atom stereocenters. The van der Waals surface area contributed by atoms with Gasteiger partial charge in [-0.1, -0.05) is 11.6 Å². The van der Waals surface area contributed by atoms with E-state index in [1.54, 1.807) is 12.1 Å². The van der Waals surface area contributed by atoms with Crippen LogP contribution in [0.5, 0.6) is 0 Å². The van der Waals surface area contributed by atoms with Gasteiger partial charge in [-0.15, -0.1) is 0 Å². The zero-order valence-corrected chi connectivity index (χ0v) is 14.7. The Labute approximate surface area is 142 Å². The molecule has 2 aromatic rings. The second-order valence-corrected chi connectivity index (χ2v) is 5.61. The van der Waals surface area contributed by atoms with Crippen LogP contribution in [0.25, 0.3) is 11.4 Å². The van der Waals surface area contributed by atoms with Crippen LogP contribution in [0.15, 0.2) is 28.7 Å². The van der Waals surface area contributed by atoms with Crippen molar-refractivity contribution in [3.8, 4) is 11.4 Å². The van der Waals surface area contributed by atoms with Crippen LogP contribution in [0.1, 0.15) is 25.8 Å². The Balaban J connectivity index is 2.47. The number of nitrogen functional groups attached to an aromatic ring is 1. The van der Waals surface area contributed by atoms with Crippen LogP contribution < -0.4 is 5.73 Å². The predicted octanol–water partition coefficient (Wildman–Crippen LogP) is 4.21. The number of nitrogens with zero attached hydrogens (tertiary/aromatic N) is 2. The van der Waals surface area contributed by atoms with Crippen LogP contribution in [0.4, 0.5) is 5.82 Å². The Morgan fingerprint density at radius 1 is 1.14 bits per heavy atom. The van der Waals surface area contributed by atoms with Gasteiger partial charge < -0.3 is 15.2 Å². The largest absolute Gasteiger partial charge is 0.383 e. The summed E-state index contributed by atoms with van der Waals surface area (Å²) in [6, 6.07) is 7.23. The van der Waals surface area contributed by atoms with Crippen molar-refractivity contribution in [2.45, 2.75) is 20.1 Å². The van der Waals surface area contributed by atoms with E-state index in [4.69, 9.17) is 26.8 Å². The molecule has 0 bridgehead atoms. The molecule has 0 fully saturated rings. The molecule has 1 heterocycles.